The monoisotopic (exact) mass is 411 g/mol. The average molecular weight is 412 g/mol. The van der Waals surface area contributed by atoms with Gasteiger partial charge in [0, 0.05) is 34.3 Å². The minimum absolute atomic E-state index is 0.180. The van der Waals surface area contributed by atoms with Gasteiger partial charge in [0.05, 0.1) is 5.39 Å². The van der Waals surface area contributed by atoms with E-state index in [4.69, 9.17) is 0 Å². The van der Waals surface area contributed by atoms with Gasteiger partial charge >= 0.3 is 0 Å². The fourth-order valence-corrected chi connectivity index (χ4v) is 3.02. The van der Waals surface area contributed by atoms with E-state index in [2.05, 4.69) is 48.3 Å². The summed E-state index contributed by atoms with van der Waals surface area (Å²) in [5.41, 5.74) is 0.997. The van der Waals surface area contributed by atoms with Crippen molar-refractivity contribution in [2.75, 3.05) is 5.33 Å². The second-order valence-corrected chi connectivity index (χ2v) is 5.81. The Kier molecular flexibility index (Phi) is 4.78. The highest BCUT2D eigenvalue weighted by atomic mass is 127. The maximum atomic E-state index is 13.1. The molecule has 1 aromatic carbocycles. The molecule has 0 atom stereocenters. The Morgan fingerprint density at radius 3 is 2.88 bits per heavy atom. The summed E-state index contributed by atoms with van der Waals surface area (Å²) in [4.78, 5) is 0. The van der Waals surface area contributed by atoms with Gasteiger partial charge in [0.25, 0.3) is 3.70 Å². The molecule has 0 aliphatic carbocycles. The van der Waals surface area contributed by atoms with Crippen LogP contribution in [0.5, 0.6) is 0 Å². The Bertz CT molecular complexity index is 512. The Morgan fingerprint density at radius 2 is 2.12 bits per heavy atom. The van der Waals surface area contributed by atoms with Gasteiger partial charge in [-0.2, -0.15) is 5.10 Å². The van der Waals surface area contributed by atoms with Gasteiger partial charge < -0.3 is 0 Å². The topological polar surface area (TPSA) is 19.7 Å². The summed E-state index contributed by atoms with van der Waals surface area (Å²) in [7, 11) is 0. The fraction of sp³-hybridized carbons (Fsp3) is 0.417. The van der Waals surface area contributed by atoms with Crippen molar-refractivity contribution < 1.29 is 9.07 Å². The molecule has 0 aliphatic rings. The first-order valence-electron chi connectivity index (χ1n) is 5.65. The SMILES string of the molecule is Fc1ccc2[nH][n+](CCCCCBr)c(I)c2c1. The lowest BCUT2D eigenvalue weighted by molar-refractivity contribution is -0.759. The van der Waals surface area contributed by atoms with Crippen molar-refractivity contribution in [2.24, 2.45) is 0 Å². The molecule has 17 heavy (non-hydrogen) atoms. The molecule has 1 heterocycles. The Morgan fingerprint density at radius 1 is 1.29 bits per heavy atom. The van der Waals surface area contributed by atoms with Crippen LogP contribution in [-0.4, -0.2) is 10.4 Å². The van der Waals surface area contributed by atoms with E-state index in [9.17, 15) is 4.39 Å². The number of aryl methyl sites for hydroxylation is 1. The molecule has 2 aromatic rings. The Balaban J connectivity index is 2.15. The van der Waals surface area contributed by atoms with Crippen LogP contribution in [0.15, 0.2) is 18.2 Å². The molecule has 2 rings (SSSR count). The zero-order chi connectivity index (χ0) is 12.3. The highest BCUT2D eigenvalue weighted by molar-refractivity contribution is 14.1. The standard InChI is InChI=1S/C12H13BrFIN2/c13-6-2-1-3-7-17-12(15)10-8-9(14)4-5-11(10)16-17/h4-5,8H,1-3,6-7H2/p+1. The first kappa shape index (κ1) is 13.3. The van der Waals surface area contributed by atoms with E-state index >= 15 is 0 Å². The molecule has 0 radical (unpaired) electrons. The van der Waals surface area contributed by atoms with Gasteiger partial charge in [-0.25, -0.2) is 4.39 Å². The van der Waals surface area contributed by atoms with Crippen LogP contribution in [0.3, 0.4) is 0 Å². The number of nitrogens with one attached hydrogen (secondary N) is 1. The van der Waals surface area contributed by atoms with Gasteiger partial charge in [0.1, 0.15) is 11.3 Å². The van der Waals surface area contributed by atoms with Crippen molar-refractivity contribution in [3.8, 4) is 0 Å². The number of hydrogen-bond donors (Lipinski definition) is 1. The van der Waals surface area contributed by atoms with E-state index in [1.54, 1.807) is 12.1 Å². The zero-order valence-electron chi connectivity index (χ0n) is 9.35. The minimum Gasteiger partial charge on any atom is -0.207 e. The zero-order valence-corrected chi connectivity index (χ0v) is 13.1. The predicted molar refractivity (Wildman–Crippen MR) is 78.8 cm³/mol. The quantitative estimate of drug-likeness (QED) is 0.334. The predicted octanol–water partition coefficient (Wildman–Crippen LogP) is 3.76. The third-order valence-electron chi connectivity index (χ3n) is 2.71. The molecule has 0 saturated heterocycles. The molecule has 0 aliphatic heterocycles. The van der Waals surface area contributed by atoms with Gasteiger partial charge in [-0.15, -0.1) is 4.68 Å². The average Bonchev–Trinajstić information content (AvgIpc) is 2.62. The van der Waals surface area contributed by atoms with E-state index in [0.717, 1.165) is 32.9 Å². The molecule has 0 saturated carbocycles. The summed E-state index contributed by atoms with van der Waals surface area (Å²) in [6.45, 7) is 0.960. The number of aromatic nitrogens is 2. The van der Waals surface area contributed by atoms with Crippen LogP contribution in [0, 0.1) is 9.52 Å². The van der Waals surface area contributed by atoms with Crippen LogP contribution in [0.2, 0.25) is 0 Å². The van der Waals surface area contributed by atoms with Gasteiger partial charge in [-0.3, -0.25) is 0 Å². The molecule has 0 amide bonds. The van der Waals surface area contributed by atoms with Crippen molar-refractivity contribution in [2.45, 2.75) is 25.8 Å². The molecule has 1 N–H and O–H groups in total. The number of nitrogens with zero attached hydrogens (tertiary/aromatic N) is 1. The van der Waals surface area contributed by atoms with Crippen LogP contribution in [-0.2, 0) is 6.54 Å². The molecule has 92 valence electrons. The lowest BCUT2D eigenvalue weighted by atomic mass is 10.2. The number of unbranched alkanes of at least 4 members (excludes halogenated alkanes) is 2. The normalized spacial score (nSPS) is 11.2. The van der Waals surface area contributed by atoms with E-state index in [1.807, 2.05) is 0 Å². The molecule has 0 fully saturated rings. The summed E-state index contributed by atoms with van der Waals surface area (Å²) in [6.07, 6.45) is 3.55. The first-order valence-corrected chi connectivity index (χ1v) is 7.85. The third kappa shape index (κ3) is 3.19. The lowest BCUT2D eigenvalue weighted by Gasteiger charge is -1.93. The third-order valence-corrected chi connectivity index (χ3v) is 4.44. The number of alkyl halides is 1. The first-order chi connectivity index (χ1) is 8.22. The van der Waals surface area contributed by atoms with Gasteiger partial charge in [-0.05, 0) is 31.0 Å². The number of aromatic amines is 1. The van der Waals surface area contributed by atoms with E-state index in [0.29, 0.717) is 0 Å². The van der Waals surface area contributed by atoms with Crippen LogP contribution >= 0.6 is 38.5 Å². The molecule has 0 bridgehead atoms. The summed E-state index contributed by atoms with van der Waals surface area (Å²) >= 11 is 5.70. The van der Waals surface area contributed by atoms with Crippen molar-refractivity contribution in [3.05, 3.63) is 27.7 Å². The number of H-pyrrole nitrogens is 1. The largest absolute Gasteiger partial charge is 0.274 e. The second kappa shape index (κ2) is 6.13. The number of rotatable bonds is 5. The van der Waals surface area contributed by atoms with Crippen LogP contribution in [0.25, 0.3) is 10.9 Å². The minimum atomic E-state index is -0.180. The van der Waals surface area contributed by atoms with Gasteiger partial charge in [0.2, 0.25) is 0 Å². The number of benzene rings is 1. The lowest BCUT2D eigenvalue weighted by Crippen LogP contribution is -2.38. The smallest absolute Gasteiger partial charge is 0.207 e. The molecular formula is C12H14BrFIN2+. The number of halogens is 3. The maximum Gasteiger partial charge on any atom is 0.274 e. The van der Waals surface area contributed by atoms with Crippen molar-refractivity contribution in [3.63, 3.8) is 0 Å². The number of fused-ring (bicyclic) bond motifs is 1. The van der Waals surface area contributed by atoms with Crippen LogP contribution < -0.4 is 4.68 Å². The molecule has 0 unspecified atom stereocenters. The molecule has 2 nitrogen and oxygen atoms in total. The van der Waals surface area contributed by atoms with Crippen molar-refractivity contribution in [1.82, 2.24) is 5.10 Å². The van der Waals surface area contributed by atoms with Crippen LogP contribution in [0.4, 0.5) is 4.39 Å². The van der Waals surface area contributed by atoms with E-state index in [-0.39, 0.29) is 5.82 Å². The molecule has 0 spiro atoms. The van der Waals surface area contributed by atoms with Crippen molar-refractivity contribution in [1.29, 1.82) is 0 Å². The summed E-state index contributed by atoms with van der Waals surface area (Å²) in [5.74, 6) is -0.180. The van der Waals surface area contributed by atoms with Crippen molar-refractivity contribution >= 4 is 49.4 Å². The Labute approximate surface area is 122 Å². The fourth-order valence-electron chi connectivity index (χ4n) is 1.82. The summed E-state index contributed by atoms with van der Waals surface area (Å²) < 4.78 is 16.3. The van der Waals surface area contributed by atoms with Crippen LogP contribution in [0.1, 0.15) is 19.3 Å². The molecule has 5 heteroatoms. The van der Waals surface area contributed by atoms with E-state index < -0.39 is 0 Å². The number of hydrogen-bond acceptors (Lipinski definition) is 0. The molecule has 1 aromatic heterocycles. The second-order valence-electron chi connectivity index (χ2n) is 3.99. The Hall–Kier alpha value is -0.170. The highest BCUT2D eigenvalue weighted by Gasteiger charge is 2.16. The summed E-state index contributed by atoms with van der Waals surface area (Å²) in [5, 5.41) is 5.32. The summed E-state index contributed by atoms with van der Waals surface area (Å²) in [6, 6.07) is 4.87. The molecular weight excluding hydrogens is 398 g/mol. The maximum absolute atomic E-state index is 13.1. The van der Waals surface area contributed by atoms with E-state index in [1.165, 1.54) is 18.9 Å². The highest BCUT2D eigenvalue weighted by Crippen LogP contribution is 2.17. The van der Waals surface area contributed by atoms with Gasteiger partial charge in [0.15, 0.2) is 6.54 Å². The van der Waals surface area contributed by atoms with Gasteiger partial charge in [-0.1, -0.05) is 15.9 Å².